The Morgan fingerprint density at radius 1 is 1.03 bits per heavy atom. The first-order chi connectivity index (χ1) is 17.1. The number of alkyl halides is 2. The first-order valence-corrected chi connectivity index (χ1v) is 13.8. The number of halogens is 2. The molecule has 10 heteroatoms. The summed E-state index contributed by atoms with van der Waals surface area (Å²) < 4.78 is 60.5. The molecule has 3 heterocycles. The lowest BCUT2D eigenvalue weighted by Gasteiger charge is -2.33. The highest BCUT2D eigenvalue weighted by molar-refractivity contribution is 7.92. The minimum absolute atomic E-state index is 0.00592. The van der Waals surface area contributed by atoms with E-state index in [1.165, 1.54) is 12.1 Å². The number of hydrogen-bond acceptors (Lipinski definition) is 5. The molecule has 190 valence electrons. The third-order valence-electron chi connectivity index (χ3n) is 7.38. The number of ether oxygens (including phenoxy) is 1. The van der Waals surface area contributed by atoms with Crippen LogP contribution >= 0.6 is 0 Å². The molecule has 3 aromatic rings. The van der Waals surface area contributed by atoms with Gasteiger partial charge in [0.05, 0.1) is 23.6 Å². The van der Waals surface area contributed by atoms with Crippen molar-refractivity contribution < 1.29 is 26.7 Å². The van der Waals surface area contributed by atoms with E-state index < -0.39 is 34.0 Å². The van der Waals surface area contributed by atoms with Gasteiger partial charge in [0.1, 0.15) is 5.75 Å². The Labute approximate surface area is 207 Å². The summed E-state index contributed by atoms with van der Waals surface area (Å²) in [6, 6.07) is 14.0. The molecule has 3 fully saturated rings. The van der Waals surface area contributed by atoms with Gasteiger partial charge in [0, 0.05) is 53.9 Å². The molecule has 7 nitrogen and oxygen atoms in total. The Balaban J connectivity index is 1.34. The summed E-state index contributed by atoms with van der Waals surface area (Å²) in [5, 5.41) is 0.926. The average Bonchev–Trinajstić information content (AvgIpc) is 3.27. The molecule has 0 bridgehead atoms. The third kappa shape index (κ3) is 4.37. The Hall–Kier alpha value is -2.98. The first-order valence-electron chi connectivity index (χ1n) is 12.1. The predicted molar refractivity (Wildman–Crippen MR) is 132 cm³/mol. The summed E-state index contributed by atoms with van der Waals surface area (Å²) in [6.45, 7) is 0.945. The number of sulfone groups is 1. The van der Waals surface area contributed by atoms with Crippen LogP contribution in [0.4, 0.5) is 14.5 Å². The fraction of sp³-hybridized carbons (Fsp3) is 0.423. The lowest BCUT2D eigenvalue weighted by atomic mass is 10.1. The van der Waals surface area contributed by atoms with Gasteiger partial charge in [0.2, 0.25) is 5.91 Å². The number of H-pyrrole nitrogens is 1. The van der Waals surface area contributed by atoms with Crippen molar-refractivity contribution in [3.05, 3.63) is 48.5 Å². The van der Waals surface area contributed by atoms with E-state index in [-0.39, 0.29) is 23.5 Å². The van der Waals surface area contributed by atoms with Crippen LogP contribution in [0.15, 0.2) is 53.4 Å². The number of morpholine rings is 1. The zero-order chi connectivity index (χ0) is 25.1. The molecule has 0 radical (unpaired) electrons. The van der Waals surface area contributed by atoms with Gasteiger partial charge in [-0.2, -0.15) is 0 Å². The van der Waals surface area contributed by atoms with Crippen LogP contribution < -0.4 is 4.90 Å². The van der Waals surface area contributed by atoms with Crippen LogP contribution in [-0.2, 0) is 19.4 Å². The van der Waals surface area contributed by atoms with Crippen molar-refractivity contribution in [3.63, 3.8) is 0 Å². The summed E-state index contributed by atoms with van der Waals surface area (Å²) in [5.74, 6) is -3.89. The Morgan fingerprint density at radius 3 is 2.56 bits per heavy atom. The average molecular weight is 516 g/mol. The zero-order valence-electron chi connectivity index (χ0n) is 19.7. The number of carbonyl (C=O) groups is 1. The second-order valence-electron chi connectivity index (χ2n) is 10.1. The van der Waals surface area contributed by atoms with Gasteiger partial charge in [-0.15, -0.1) is 0 Å². The van der Waals surface area contributed by atoms with Crippen molar-refractivity contribution in [2.45, 2.75) is 35.7 Å². The molecule has 0 atom stereocenters. The summed E-state index contributed by atoms with van der Waals surface area (Å²) in [5.41, 5.74) is 2.25. The second-order valence-corrected chi connectivity index (χ2v) is 12.1. The number of aromatic nitrogens is 1. The maximum Gasteiger partial charge on any atom is 0.266 e. The lowest BCUT2D eigenvalue weighted by molar-refractivity contribution is -0.137. The SMILES string of the molecule is O=C(CS(=O)(=O)c1ccc(N2CCC(F)(F)C2)c(-c2cc3ccccc3[nH]2)c1)N1CCOC2(CC2)C1. The third-order valence-corrected chi connectivity index (χ3v) is 8.98. The molecule has 1 N–H and O–H groups in total. The molecule has 2 saturated heterocycles. The molecule has 2 aliphatic heterocycles. The topological polar surface area (TPSA) is 82.7 Å². The number of nitrogens with zero attached hydrogens (tertiary/aromatic N) is 2. The van der Waals surface area contributed by atoms with Crippen molar-refractivity contribution in [1.82, 2.24) is 9.88 Å². The molecule has 1 saturated carbocycles. The summed E-state index contributed by atoms with van der Waals surface area (Å²) in [6.07, 6.45) is 1.51. The van der Waals surface area contributed by atoms with Crippen LogP contribution in [-0.4, -0.2) is 74.3 Å². The molecule has 6 rings (SSSR count). The van der Waals surface area contributed by atoms with E-state index in [0.29, 0.717) is 36.6 Å². The molecule has 1 aliphatic carbocycles. The van der Waals surface area contributed by atoms with Crippen molar-refractivity contribution >= 4 is 32.3 Å². The molecule has 0 unspecified atom stereocenters. The van der Waals surface area contributed by atoms with Crippen molar-refractivity contribution in [2.24, 2.45) is 0 Å². The highest BCUT2D eigenvalue weighted by Gasteiger charge is 2.48. The fourth-order valence-electron chi connectivity index (χ4n) is 5.20. The van der Waals surface area contributed by atoms with Gasteiger partial charge in [-0.05, 0) is 43.2 Å². The van der Waals surface area contributed by atoms with E-state index in [1.54, 1.807) is 15.9 Å². The van der Waals surface area contributed by atoms with E-state index in [2.05, 4.69) is 4.98 Å². The predicted octanol–water partition coefficient (Wildman–Crippen LogP) is 3.85. The van der Waals surface area contributed by atoms with Gasteiger partial charge in [-0.1, -0.05) is 18.2 Å². The molecular weight excluding hydrogens is 488 g/mol. The minimum atomic E-state index is -3.96. The largest absolute Gasteiger partial charge is 0.371 e. The van der Waals surface area contributed by atoms with Crippen LogP contribution in [0.3, 0.4) is 0 Å². The van der Waals surface area contributed by atoms with Gasteiger partial charge in [0.25, 0.3) is 5.92 Å². The quantitative estimate of drug-likeness (QED) is 0.558. The fourth-order valence-corrected chi connectivity index (χ4v) is 6.44. The molecule has 3 aliphatic rings. The standard InChI is InChI=1S/C26H27F2N3O4S/c27-26(28)9-10-30(17-26)23-6-5-19(14-20(23)22-13-18-3-1-2-4-21(18)29-22)36(33,34)15-24(32)31-11-12-35-25(16-31)7-8-25/h1-6,13-14,29H,7-12,15-17H2. The van der Waals surface area contributed by atoms with Crippen LogP contribution in [0, 0.1) is 0 Å². The number of amides is 1. The minimum Gasteiger partial charge on any atom is -0.371 e. The molecule has 36 heavy (non-hydrogen) atoms. The van der Waals surface area contributed by atoms with E-state index in [0.717, 1.165) is 23.7 Å². The molecule has 1 amide bonds. The normalized spacial score (nSPS) is 20.8. The molecule has 1 aromatic heterocycles. The van der Waals surface area contributed by atoms with Gasteiger partial charge in [0.15, 0.2) is 9.84 Å². The van der Waals surface area contributed by atoms with Gasteiger partial charge >= 0.3 is 0 Å². The number of anilines is 1. The van der Waals surface area contributed by atoms with E-state index >= 15 is 0 Å². The smallest absolute Gasteiger partial charge is 0.266 e. The van der Waals surface area contributed by atoms with Crippen LogP contribution in [0.25, 0.3) is 22.2 Å². The van der Waals surface area contributed by atoms with E-state index in [9.17, 15) is 22.0 Å². The highest BCUT2D eigenvalue weighted by Crippen LogP contribution is 2.42. The number of carbonyl (C=O) groups excluding carboxylic acids is 1. The second kappa shape index (κ2) is 8.27. The summed E-state index contributed by atoms with van der Waals surface area (Å²) in [4.78, 5) is 19.4. The Kier molecular flexibility index (Phi) is 5.38. The van der Waals surface area contributed by atoms with E-state index in [4.69, 9.17) is 4.74 Å². The summed E-state index contributed by atoms with van der Waals surface area (Å²) >= 11 is 0. The van der Waals surface area contributed by atoms with Crippen molar-refractivity contribution in [2.75, 3.05) is 43.4 Å². The highest BCUT2D eigenvalue weighted by atomic mass is 32.2. The van der Waals surface area contributed by atoms with E-state index in [1.807, 2.05) is 30.3 Å². The lowest BCUT2D eigenvalue weighted by Crippen LogP contribution is -2.48. The first kappa shape index (κ1) is 23.4. The molecule has 2 aromatic carbocycles. The monoisotopic (exact) mass is 515 g/mol. The summed E-state index contributed by atoms with van der Waals surface area (Å²) in [7, 11) is -3.96. The van der Waals surface area contributed by atoms with Crippen LogP contribution in [0.1, 0.15) is 19.3 Å². The number of aromatic amines is 1. The Bertz CT molecular complexity index is 1420. The van der Waals surface area contributed by atoms with Gasteiger partial charge in [-0.25, -0.2) is 17.2 Å². The zero-order valence-corrected chi connectivity index (χ0v) is 20.5. The number of nitrogens with one attached hydrogen (secondary N) is 1. The molecular formula is C26H27F2N3O4S. The maximum absolute atomic E-state index is 14.0. The van der Waals surface area contributed by atoms with Crippen LogP contribution in [0.5, 0.6) is 0 Å². The number of para-hydroxylation sites is 1. The van der Waals surface area contributed by atoms with Gasteiger partial charge in [-0.3, -0.25) is 4.79 Å². The number of fused-ring (bicyclic) bond motifs is 1. The number of hydrogen-bond donors (Lipinski definition) is 1. The van der Waals surface area contributed by atoms with Crippen molar-refractivity contribution in [3.8, 4) is 11.3 Å². The number of rotatable bonds is 5. The Morgan fingerprint density at radius 2 is 1.83 bits per heavy atom. The van der Waals surface area contributed by atoms with Gasteiger partial charge < -0.3 is 19.5 Å². The molecule has 1 spiro atoms. The van der Waals surface area contributed by atoms with Crippen molar-refractivity contribution in [1.29, 1.82) is 0 Å². The van der Waals surface area contributed by atoms with Crippen LogP contribution in [0.2, 0.25) is 0 Å². The maximum atomic E-state index is 14.0. The number of benzene rings is 2.